The van der Waals surface area contributed by atoms with Crippen LogP contribution in [0, 0.1) is 13.8 Å². The summed E-state index contributed by atoms with van der Waals surface area (Å²) in [6.07, 6.45) is -0.647. The van der Waals surface area contributed by atoms with E-state index >= 15 is 0 Å². The highest BCUT2D eigenvalue weighted by molar-refractivity contribution is 7.89. The Morgan fingerprint density at radius 3 is 2.53 bits per heavy atom. The molecule has 0 radical (unpaired) electrons. The summed E-state index contributed by atoms with van der Waals surface area (Å²) in [5.41, 5.74) is 2.76. The molecule has 2 aromatic rings. The molecule has 32 heavy (non-hydrogen) atoms. The second-order valence-corrected chi connectivity index (χ2v) is 10.2. The fourth-order valence-electron chi connectivity index (χ4n) is 4.07. The van der Waals surface area contributed by atoms with Gasteiger partial charge in [0.1, 0.15) is 0 Å². The Morgan fingerprint density at radius 2 is 1.78 bits per heavy atom. The first kappa shape index (κ1) is 23.0. The molecule has 0 amide bonds. The van der Waals surface area contributed by atoms with Crippen molar-refractivity contribution >= 4 is 10.0 Å². The Hall–Kier alpha value is -2.17. The molecule has 0 spiro atoms. The van der Waals surface area contributed by atoms with E-state index in [4.69, 9.17) is 14.2 Å². The lowest BCUT2D eigenvalue weighted by molar-refractivity contribution is 0.00536. The molecule has 0 saturated carbocycles. The number of sulfonamides is 1. The number of piperazine rings is 1. The molecule has 2 aromatic carbocycles. The Morgan fingerprint density at radius 1 is 1.03 bits per heavy atom. The summed E-state index contributed by atoms with van der Waals surface area (Å²) < 4.78 is 43.9. The molecule has 0 bridgehead atoms. The normalized spacial score (nSPS) is 18.1. The van der Waals surface area contributed by atoms with Crippen LogP contribution >= 0.6 is 0 Å². The SMILES string of the molecule is Cc1ccc(S(=O)(=O)N2CCN(C[C@@H](O)COCc3ccc4c(c3)OCO4)CC2)c(C)c1. The maximum absolute atomic E-state index is 13.0. The molecule has 0 unspecified atom stereocenters. The molecule has 2 heterocycles. The zero-order valence-electron chi connectivity index (χ0n) is 18.5. The van der Waals surface area contributed by atoms with Crippen molar-refractivity contribution < 1.29 is 27.7 Å². The number of aliphatic hydroxyl groups excluding tert-OH is 1. The van der Waals surface area contributed by atoms with Crippen molar-refractivity contribution in [3.05, 3.63) is 53.1 Å². The Balaban J connectivity index is 1.22. The summed E-state index contributed by atoms with van der Waals surface area (Å²) in [5, 5.41) is 10.4. The van der Waals surface area contributed by atoms with Crippen LogP contribution < -0.4 is 9.47 Å². The van der Waals surface area contributed by atoms with E-state index in [9.17, 15) is 13.5 Å². The van der Waals surface area contributed by atoms with Gasteiger partial charge in [0, 0.05) is 32.7 Å². The van der Waals surface area contributed by atoms with Crippen LogP contribution in [-0.2, 0) is 21.4 Å². The standard InChI is InChI=1S/C23H30N2O6S/c1-17-3-6-23(18(2)11-17)32(27,28)25-9-7-24(8-10-25)13-20(26)15-29-14-19-4-5-21-22(12-19)31-16-30-21/h3-6,11-12,20,26H,7-10,13-16H2,1-2H3/t20-/m1/s1. The summed E-state index contributed by atoms with van der Waals surface area (Å²) in [4.78, 5) is 2.44. The van der Waals surface area contributed by atoms with E-state index in [1.165, 1.54) is 4.31 Å². The number of nitrogens with zero attached hydrogens (tertiary/aromatic N) is 2. The monoisotopic (exact) mass is 462 g/mol. The topological polar surface area (TPSA) is 88.5 Å². The van der Waals surface area contributed by atoms with Crippen molar-refractivity contribution in [3.8, 4) is 11.5 Å². The number of aryl methyl sites for hydroxylation is 2. The molecule has 1 N–H and O–H groups in total. The fourth-order valence-corrected chi connectivity index (χ4v) is 5.70. The average molecular weight is 463 g/mol. The van der Waals surface area contributed by atoms with Crippen LogP contribution in [0.1, 0.15) is 16.7 Å². The molecule has 4 rings (SSSR count). The molecule has 2 aliphatic heterocycles. The van der Waals surface area contributed by atoms with Gasteiger partial charge in [-0.3, -0.25) is 4.90 Å². The van der Waals surface area contributed by atoms with Gasteiger partial charge in [-0.2, -0.15) is 4.31 Å². The molecular formula is C23H30N2O6S. The van der Waals surface area contributed by atoms with E-state index in [0.29, 0.717) is 50.0 Å². The molecule has 174 valence electrons. The Bertz CT molecular complexity index is 1050. The summed E-state index contributed by atoms with van der Waals surface area (Å²) in [6, 6.07) is 11.1. The van der Waals surface area contributed by atoms with E-state index in [-0.39, 0.29) is 13.4 Å². The van der Waals surface area contributed by atoms with Crippen LogP contribution in [0.15, 0.2) is 41.3 Å². The molecular weight excluding hydrogens is 432 g/mol. The highest BCUT2D eigenvalue weighted by Crippen LogP contribution is 2.32. The van der Waals surface area contributed by atoms with Crippen molar-refractivity contribution in [2.75, 3.05) is 46.1 Å². The predicted molar refractivity (Wildman–Crippen MR) is 119 cm³/mol. The van der Waals surface area contributed by atoms with Crippen LogP contribution in [-0.4, -0.2) is 75.0 Å². The maximum atomic E-state index is 13.0. The summed E-state index contributed by atoms with van der Waals surface area (Å²) in [5.74, 6) is 1.44. The maximum Gasteiger partial charge on any atom is 0.243 e. The highest BCUT2D eigenvalue weighted by Gasteiger charge is 2.30. The third-order valence-electron chi connectivity index (χ3n) is 5.76. The highest BCUT2D eigenvalue weighted by atomic mass is 32.2. The summed E-state index contributed by atoms with van der Waals surface area (Å²) in [7, 11) is -3.51. The Kier molecular flexibility index (Phi) is 7.02. The molecule has 9 heteroatoms. The summed E-state index contributed by atoms with van der Waals surface area (Å²) in [6.45, 7) is 6.98. The van der Waals surface area contributed by atoms with Crippen molar-refractivity contribution in [2.24, 2.45) is 0 Å². The van der Waals surface area contributed by atoms with Crippen LogP contribution in [0.25, 0.3) is 0 Å². The average Bonchev–Trinajstić information content (AvgIpc) is 3.22. The first-order chi connectivity index (χ1) is 15.3. The predicted octanol–water partition coefficient (Wildman–Crippen LogP) is 1.92. The van der Waals surface area contributed by atoms with Gasteiger partial charge in [0.25, 0.3) is 0 Å². The van der Waals surface area contributed by atoms with Gasteiger partial charge in [-0.15, -0.1) is 0 Å². The van der Waals surface area contributed by atoms with Crippen molar-refractivity contribution in [3.63, 3.8) is 0 Å². The van der Waals surface area contributed by atoms with Gasteiger partial charge in [-0.05, 0) is 43.2 Å². The van der Waals surface area contributed by atoms with E-state index < -0.39 is 16.1 Å². The summed E-state index contributed by atoms with van der Waals surface area (Å²) >= 11 is 0. The van der Waals surface area contributed by atoms with Crippen molar-refractivity contribution in [2.45, 2.75) is 31.5 Å². The molecule has 1 fully saturated rings. The van der Waals surface area contributed by atoms with Gasteiger partial charge in [-0.25, -0.2) is 8.42 Å². The Labute approximate surface area is 189 Å². The van der Waals surface area contributed by atoms with Gasteiger partial charge in [-0.1, -0.05) is 23.8 Å². The van der Waals surface area contributed by atoms with Gasteiger partial charge in [0.15, 0.2) is 11.5 Å². The molecule has 2 aliphatic rings. The number of rotatable bonds is 8. The van der Waals surface area contributed by atoms with E-state index in [2.05, 4.69) is 4.90 Å². The number of hydrogen-bond acceptors (Lipinski definition) is 7. The van der Waals surface area contributed by atoms with E-state index in [0.717, 1.165) is 22.4 Å². The fraction of sp³-hybridized carbons (Fsp3) is 0.478. The second-order valence-electron chi connectivity index (χ2n) is 8.33. The van der Waals surface area contributed by atoms with E-state index in [1.807, 2.05) is 44.2 Å². The van der Waals surface area contributed by atoms with Crippen LogP contribution in [0.5, 0.6) is 11.5 Å². The third-order valence-corrected chi connectivity index (χ3v) is 7.82. The van der Waals surface area contributed by atoms with Gasteiger partial charge < -0.3 is 19.3 Å². The first-order valence-electron chi connectivity index (χ1n) is 10.8. The number of benzene rings is 2. The van der Waals surface area contributed by atoms with Gasteiger partial charge >= 0.3 is 0 Å². The number of ether oxygens (including phenoxy) is 3. The quantitative estimate of drug-likeness (QED) is 0.641. The number of aliphatic hydroxyl groups is 1. The zero-order chi connectivity index (χ0) is 22.7. The first-order valence-corrected chi connectivity index (χ1v) is 12.2. The van der Waals surface area contributed by atoms with Gasteiger partial charge in [0.05, 0.1) is 24.2 Å². The lowest BCUT2D eigenvalue weighted by Crippen LogP contribution is -2.50. The van der Waals surface area contributed by atoms with Crippen molar-refractivity contribution in [1.82, 2.24) is 9.21 Å². The van der Waals surface area contributed by atoms with Crippen LogP contribution in [0.4, 0.5) is 0 Å². The van der Waals surface area contributed by atoms with Crippen LogP contribution in [0.3, 0.4) is 0 Å². The molecule has 0 aromatic heterocycles. The minimum absolute atomic E-state index is 0.204. The minimum Gasteiger partial charge on any atom is -0.454 e. The minimum atomic E-state index is -3.51. The largest absolute Gasteiger partial charge is 0.454 e. The number of hydrogen-bond donors (Lipinski definition) is 1. The molecule has 0 aliphatic carbocycles. The smallest absolute Gasteiger partial charge is 0.243 e. The lowest BCUT2D eigenvalue weighted by Gasteiger charge is -2.35. The zero-order valence-corrected chi connectivity index (χ0v) is 19.3. The van der Waals surface area contributed by atoms with E-state index in [1.54, 1.807) is 6.07 Å². The molecule has 8 nitrogen and oxygen atoms in total. The molecule has 1 saturated heterocycles. The van der Waals surface area contributed by atoms with Crippen LogP contribution in [0.2, 0.25) is 0 Å². The second kappa shape index (κ2) is 9.76. The lowest BCUT2D eigenvalue weighted by atomic mass is 10.2. The van der Waals surface area contributed by atoms with Crippen molar-refractivity contribution in [1.29, 1.82) is 0 Å². The third kappa shape index (κ3) is 5.24. The van der Waals surface area contributed by atoms with Gasteiger partial charge in [0.2, 0.25) is 16.8 Å². The number of β-amino-alcohol motifs (C(OH)–C–C–N with tert-alkyl or cyclic N) is 1. The number of fused-ring (bicyclic) bond motifs is 1. The molecule has 1 atom stereocenters.